The predicted molar refractivity (Wildman–Crippen MR) is 99.7 cm³/mol. The number of hydrazine groups is 1. The van der Waals surface area contributed by atoms with Crippen LogP contribution in [-0.2, 0) is 4.79 Å². The largest absolute Gasteiger partial charge is 0.496 e. The molecule has 1 N–H and O–H groups in total. The third-order valence-corrected chi connectivity index (χ3v) is 4.66. The number of hydrogen-bond donors (Lipinski definition) is 1. The molecule has 0 unspecified atom stereocenters. The van der Waals surface area contributed by atoms with Crippen LogP contribution in [0.1, 0.15) is 15.9 Å². The molecule has 0 saturated carbocycles. The number of carbonyl (C=O) groups excluding carboxylic acids is 2. The van der Waals surface area contributed by atoms with Crippen molar-refractivity contribution >= 4 is 46.2 Å². The van der Waals surface area contributed by atoms with Crippen molar-refractivity contribution in [1.29, 1.82) is 0 Å². The molecule has 2 aromatic rings. The normalized spacial score (nSPS) is 15.6. The highest BCUT2D eigenvalue weighted by molar-refractivity contribution is 8.26. The molecule has 8 heteroatoms. The summed E-state index contributed by atoms with van der Waals surface area (Å²) >= 11 is 6.32. The Balaban J connectivity index is 1.81. The minimum Gasteiger partial charge on any atom is -0.496 e. The van der Waals surface area contributed by atoms with Crippen LogP contribution in [0.3, 0.4) is 0 Å². The van der Waals surface area contributed by atoms with Gasteiger partial charge in [0.15, 0.2) is 4.32 Å². The number of rotatable bonds is 4. The number of aromatic nitrogens is 1. The van der Waals surface area contributed by atoms with Crippen LogP contribution >= 0.6 is 24.0 Å². The highest BCUT2D eigenvalue weighted by atomic mass is 32.2. The Morgan fingerprint density at radius 3 is 2.84 bits per heavy atom. The number of hydrogen-bond acceptors (Lipinski definition) is 6. The van der Waals surface area contributed by atoms with Gasteiger partial charge in [0.25, 0.3) is 11.8 Å². The number of carbonyl (C=O) groups is 2. The first-order valence-corrected chi connectivity index (χ1v) is 8.44. The minimum atomic E-state index is -0.456. The average molecular weight is 371 g/mol. The summed E-state index contributed by atoms with van der Waals surface area (Å²) in [7, 11) is 1.56. The number of thioether (sulfide) groups is 1. The lowest BCUT2D eigenvalue weighted by atomic mass is 10.2. The van der Waals surface area contributed by atoms with Gasteiger partial charge in [0.05, 0.1) is 17.6 Å². The second-order valence-corrected chi connectivity index (χ2v) is 6.62. The molecule has 0 atom stereocenters. The van der Waals surface area contributed by atoms with E-state index in [1.165, 1.54) is 6.20 Å². The van der Waals surface area contributed by atoms with Crippen molar-refractivity contribution in [3.05, 3.63) is 64.8 Å². The maximum Gasteiger partial charge on any atom is 0.285 e. The summed E-state index contributed by atoms with van der Waals surface area (Å²) in [6.45, 7) is 0. The zero-order valence-electron chi connectivity index (χ0n) is 13.1. The first-order valence-electron chi connectivity index (χ1n) is 7.22. The van der Waals surface area contributed by atoms with Crippen LogP contribution in [0.4, 0.5) is 0 Å². The van der Waals surface area contributed by atoms with Crippen LogP contribution < -0.4 is 10.2 Å². The molecule has 0 bridgehead atoms. The SMILES string of the molecule is COc1ccccc1/C=C1\SC(=S)N(NC(=O)c2cccnc2)C1=O. The van der Waals surface area contributed by atoms with E-state index < -0.39 is 11.8 Å². The van der Waals surface area contributed by atoms with Gasteiger partial charge in [0, 0.05) is 18.0 Å². The second-order valence-electron chi connectivity index (χ2n) is 4.94. The Bertz CT molecular complexity index is 868. The Morgan fingerprint density at radius 1 is 1.32 bits per heavy atom. The van der Waals surface area contributed by atoms with Gasteiger partial charge in [-0.1, -0.05) is 30.0 Å². The third kappa shape index (κ3) is 3.70. The van der Waals surface area contributed by atoms with Crippen molar-refractivity contribution in [2.75, 3.05) is 7.11 Å². The molecule has 2 heterocycles. The zero-order chi connectivity index (χ0) is 17.8. The molecule has 0 spiro atoms. The van der Waals surface area contributed by atoms with E-state index in [1.807, 2.05) is 18.2 Å². The van der Waals surface area contributed by atoms with Crippen LogP contribution in [0.15, 0.2) is 53.7 Å². The highest BCUT2D eigenvalue weighted by Gasteiger charge is 2.34. The summed E-state index contributed by atoms with van der Waals surface area (Å²) in [6.07, 6.45) is 4.67. The van der Waals surface area contributed by atoms with E-state index in [1.54, 1.807) is 37.6 Å². The minimum absolute atomic E-state index is 0.253. The van der Waals surface area contributed by atoms with Gasteiger partial charge in [-0.05, 0) is 36.5 Å². The van der Waals surface area contributed by atoms with Gasteiger partial charge in [-0.15, -0.1) is 0 Å². The molecule has 0 aliphatic carbocycles. The van der Waals surface area contributed by atoms with Gasteiger partial charge in [-0.3, -0.25) is 20.0 Å². The molecule has 1 aliphatic rings. The van der Waals surface area contributed by atoms with E-state index in [0.29, 0.717) is 16.2 Å². The number of amides is 2. The fourth-order valence-corrected chi connectivity index (χ4v) is 3.32. The summed E-state index contributed by atoms with van der Waals surface area (Å²) in [6, 6.07) is 10.6. The van der Waals surface area contributed by atoms with Gasteiger partial charge in [0.1, 0.15) is 5.75 Å². The Kier molecular flexibility index (Phi) is 5.11. The fraction of sp³-hybridized carbons (Fsp3) is 0.0588. The lowest BCUT2D eigenvalue weighted by molar-refractivity contribution is -0.123. The molecule has 25 heavy (non-hydrogen) atoms. The first kappa shape index (κ1) is 17.1. The van der Waals surface area contributed by atoms with Gasteiger partial charge in [-0.25, -0.2) is 0 Å². The number of nitrogens with one attached hydrogen (secondary N) is 1. The predicted octanol–water partition coefficient (Wildman–Crippen LogP) is 2.64. The van der Waals surface area contributed by atoms with Crippen LogP contribution in [-0.4, -0.2) is 33.2 Å². The summed E-state index contributed by atoms with van der Waals surface area (Å²) in [5, 5.41) is 1.07. The second kappa shape index (κ2) is 7.45. The van der Waals surface area contributed by atoms with Crippen LogP contribution in [0.2, 0.25) is 0 Å². The topological polar surface area (TPSA) is 71.5 Å². The summed E-state index contributed by atoms with van der Waals surface area (Å²) in [5.74, 6) is -0.201. The first-order chi connectivity index (χ1) is 12.1. The van der Waals surface area contributed by atoms with Crippen LogP contribution in [0, 0.1) is 0 Å². The summed E-state index contributed by atoms with van der Waals surface area (Å²) in [5.41, 5.74) is 3.60. The highest BCUT2D eigenvalue weighted by Crippen LogP contribution is 2.33. The molecule has 1 aromatic carbocycles. The number of pyridine rings is 1. The maximum atomic E-state index is 12.6. The Morgan fingerprint density at radius 2 is 2.12 bits per heavy atom. The van der Waals surface area contributed by atoms with Crippen molar-refractivity contribution in [3.63, 3.8) is 0 Å². The van der Waals surface area contributed by atoms with Crippen molar-refractivity contribution < 1.29 is 14.3 Å². The number of benzene rings is 1. The lowest BCUT2D eigenvalue weighted by Crippen LogP contribution is -2.44. The third-order valence-electron chi connectivity index (χ3n) is 3.36. The van der Waals surface area contributed by atoms with Crippen molar-refractivity contribution in [1.82, 2.24) is 15.4 Å². The molecule has 1 fully saturated rings. The number of para-hydroxylation sites is 1. The zero-order valence-corrected chi connectivity index (χ0v) is 14.8. The van der Waals surface area contributed by atoms with Crippen LogP contribution in [0.25, 0.3) is 6.08 Å². The average Bonchev–Trinajstić information content (AvgIpc) is 2.90. The quantitative estimate of drug-likeness (QED) is 0.658. The maximum absolute atomic E-state index is 12.6. The molecular formula is C17H13N3O3S2. The van der Waals surface area contributed by atoms with Gasteiger partial charge >= 0.3 is 0 Å². The van der Waals surface area contributed by atoms with Crippen molar-refractivity contribution in [2.45, 2.75) is 0 Å². The Hall–Kier alpha value is -2.71. The van der Waals surface area contributed by atoms with E-state index in [2.05, 4.69) is 10.4 Å². The van der Waals surface area contributed by atoms with E-state index in [9.17, 15) is 9.59 Å². The molecule has 0 radical (unpaired) electrons. The number of nitrogens with zero attached hydrogens (tertiary/aromatic N) is 2. The monoisotopic (exact) mass is 371 g/mol. The van der Waals surface area contributed by atoms with E-state index in [4.69, 9.17) is 17.0 Å². The standard InChI is InChI=1S/C17H13N3O3S2/c1-23-13-7-3-2-5-11(13)9-14-16(22)20(17(24)25-14)19-15(21)12-6-4-8-18-10-12/h2-10H,1H3,(H,19,21)/b14-9-. The summed E-state index contributed by atoms with van der Waals surface area (Å²) in [4.78, 5) is 29.1. The van der Waals surface area contributed by atoms with Crippen LogP contribution in [0.5, 0.6) is 5.75 Å². The number of thiocarbonyl (C=S) groups is 1. The van der Waals surface area contributed by atoms with E-state index >= 15 is 0 Å². The van der Waals surface area contributed by atoms with E-state index in [0.717, 1.165) is 22.3 Å². The molecule has 1 saturated heterocycles. The van der Waals surface area contributed by atoms with Gasteiger partial charge in [-0.2, -0.15) is 5.01 Å². The molecule has 126 valence electrons. The van der Waals surface area contributed by atoms with Crippen molar-refractivity contribution in [2.24, 2.45) is 0 Å². The lowest BCUT2D eigenvalue weighted by Gasteiger charge is -2.15. The molecule has 2 amide bonds. The molecule has 1 aliphatic heterocycles. The smallest absolute Gasteiger partial charge is 0.285 e. The number of methoxy groups -OCH3 is 1. The van der Waals surface area contributed by atoms with Crippen molar-refractivity contribution in [3.8, 4) is 5.75 Å². The molecule has 1 aromatic heterocycles. The van der Waals surface area contributed by atoms with E-state index in [-0.39, 0.29) is 4.32 Å². The van der Waals surface area contributed by atoms with Gasteiger partial charge < -0.3 is 4.74 Å². The molecule has 3 rings (SSSR count). The molecule has 6 nitrogen and oxygen atoms in total. The fourth-order valence-electron chi connectivity index (χ4n) is 2.15. The van der Waals surface area contributed by atoms with Gasteiger partial charge in [0.2, 0.25) is 0 Å². The Labute approximate surface area is 153 Å². The number of ether oxygens (including phenoxy) is 1. The summed E-state index contributed by atoms with van der Waals surface area (Å²) < 4.78 is 5.53. The molecular weight excluding hydrogens is 358 g/mol.